The summed E-state index contributed by atoms with van der Waals surface area (Å²) in [4.78, 5) is 4.47. The standard InChI is InChI=1S/C14H22N2/c1-2-11-6-9-13(16-10-11)4-3-5-14(15)12-7-8-12/h6,9-10,12,14H,2-5,7-8,15H2,1H3. The Bertz CT molecular complexity index is 314. The van der Waals surface area contributed by atoms with Crippen molar-refractivity contribution in [2.24, 2.45) is 11.7 Å². The molecule has 1 aromatic heterocycles. The van der Waals surface area contributed by atoms with E-state index in [0.717, 1.165) is 25.2 Å². The lowest BCUT2D eigenvalue weighted by Crippen LogP contribution is -2.22. The average molecular weight is 218 g/mol. The first-order valence-electron chi connectivity index (χ1n) is 6.49. The second kappa shape index (κ2) is 5.44. The zero-order valence-corrected chi connectivity index (χ0v) is 10.2. The Morgan fingerprint density at radius 1 is 1.44 bits per heavy atom. The third kappa shape index (κ3) is 3.31. The summed E-state index contributed by atoms with van der Waals surface area (Å²) in [6, 6.07) is 4.78. The minimum absolute atomic E-state index is 0.440. The lowest BCUT2D eigenvalue weighted by Gasteiger charge is -2.09. The smallest absolute Gasteiger partial charge is 0.0403 e. The van der Waals surface area contributed by atoms with Crippen LogP contribution in [0.4, 0.5) is 0 Å². The molecule has 16 heavy (non-hydrogen) atoms. The molecular formula is C14H22N2. The molecule has 88 valence electrons. The molecule has 1 atom stereocenters. The molecule has 2 N–H and O–H groups in total. The van der Waals surface area contributed by atoms with Gasteiger partial charge in [-0.25, -0.2) is 0 Å². The first kappa shape index (κ1) is 11.6. The Morgan fingerprint density at radius 3 is 2.81 bits per heavy atom. The van der Waals surface area contributed by atoms with Gasteiger partial charge >= 0.3 is 0 Å². The molecule has 1 fully saturated rings. The number of hydrogen-bond acceptors (Lipinski definition) is 2. The number of aryl methyl sites for hydroxylation is 2. The largest absolute Gasteiger partial charge is 0.327 e. The molecule has 2 heteroatoms. The van der Waals surface area contributed by atoms with Crippen LogP contribution in [0.2, 0.25) is 0 Å². The van der Waals surface area contributed by atoms with Gasteiger partial charge in [0.15, 0.2) is 0 Å². The van der Waals surface area contributed by atoms with Crippen molar-refractivity contribution in [2.75, 3.05) is 0 Å². The van der Waals surface area contributed by atoms with Crippen molar-refractivity contribution in [3.8, 4) is 0 Å². The normalized spacial score (nSPS) is 17.4. The Morgan fingerprint density at radius 2 is 2.25 bits per heavy atom. The van der Waals surface area contributed by atoms with Gasteiger partial charge in [-0.15, -0.1) is 0 Å². The molecule has 1 heterocycles. The van der Waals surface area contributed by atoms with Gasteiger partial charge in [0, 0.05) is 17.9 Å². The third-order valence-electron chi connectivity index (χ3n) is 3.49. The highest BCUT2D eigenvalue weighted by molar-refractivity contribution is 5.13. The molecule has 2 nitrogen and oxygen atoms in total. The molecule has 0 saturated heterocycles. The molecule has 1 saturated carbocycles. The van der Waals surface area contributed by atoms with Crippen LogP contribution in [-0.4, -0.2) is 11.0 Å². The summed E-state index contributed by atoms with van der Waals surface area (Å²) in [5.74, 6) is 0.829. The van der Waals surface area contributed by atoms with E-state index in [0.29, 0.717) is 6.04 Å². The molecule has 1 unspecified atom stereocenters. The van der Waals surface area contributed by atoms with Crippen molar-refractivity contribution < 1.29 is 0 Å². The van der Waals surface area contributed by atoms with E-state index in [4.69, 9.17) is 5.73 Å². The van der Waals surface area contributed by atoms with E-state index < -0.39 is 0 Å². The predicted octanol–water partition coefficient (Wildman–Crippen LogP) is 2.70. The molecule has 0 aromatic carbocycles. The quantitative estimate of drug-likeness (QED) is 0.797. The lowest BCUT2D eigenvalue weighted by molar-refractivity contribution is 0.527. The fourth-order valence-corrected chi connectivity index (χ4v) is 2.09. The van der Waals surface area contributed by atoms with Gasteiger partial charge in [-0.05, 0) is 56.1 Å². The second-order valence-corrected chi connectivity index (χ2v) is 4.90. The van der Waals surface area contributed by atoms with Crippen LogP contribution in [0.1, 0.15) is 43.9 Å². The first-order valence-corrected chi connectivity index (χ1v) is 6.49. The Labute approximate surface area is 98.3 Å². The molecule has 0 aliphatic heterocycles. The van der Waals surface area contributed by atoms with Crippen LogP contribution >= 0.6 is 0 Å². The van der Waals surface area contributed by atoms with Gasteiger partial charge in [-0.3, -0.25) is 4.98 Å². The van der Waals surface area contributed by atoms with E-state index in [1.54, 1.807) is 0 Å². The second-order valence-electron chi connectivity index (χ2n) is 4.90. The zero-order valence-electron chi connectivity index (χ0n) is 10.2. The summed E-state index contributed by atoms with van der Waals surface area (Å²) in [6.45, 7) is 2.16. The van der Waals surface area contributed by atoms with Crippen LogP contribution in [0.3, 0.4) is 0 Å². The molecule has 1 aliphatic carbocycles. The zero-order chi connectivity index (χ0) is 11.4. The highest BCUT2D eigenvalue weighted by Gasteiger charge is 2.27. The van der Waals surface area contributed by atoms with Gasteiger partial charge in [0.25, 0.3) is 0 Å². The van der Waals surface area contributed by atoms with Crippen molar-refractivity contribution in [3.63, 3.8) is 0 Å². The lowest BCUT2D eigenvalue weighted by atomic mass is 10.0. The molecular weight excluding hydrogens is 196 g/mol. The van der Waals surface area contributed by atoms with E-state index in [9.17, 15) is 0 Å². The maximum Gasteiger partial charge on any atom is 0.0403 e. The van der Waals surface area contributed by atoms with Crippen molar-refractivity contribution in [3.05, 3.63) is 29.6 Å². The molecule has 0 radical (unpaired) electrons. The van der Waals surface area contributed by atoms with Crippen LogP contribution < -0.4 is 5.73 Å². The third-order valence-corrected chi connectivity index (χ3v) is 3.49. The van der Waals surface area contributed by atoms with E-state index in [2.05, 4.69) is 24.0 Å². The van der Waals surface area contributed by atoms with Crippen molar-refractivity contribution in [1.29, 1.82) is 0 Å². The van der Waals surface area contributed by atoms with Gasteiger partial charge in [0.1, 0.15) is 0 Å². The molecule has 0 amide bonds. The van der Waals surface area contributed by atoms with Crippen LogP contribution in [0.25, 0.3) is 0 Å². The highest BCUT2D eigenvalue weighted by Crippen LogP contribution is 2.33. The Kier molecular flexibility index (Phi) is 3.94. The first-order chi connectivity index (χ1) is 7.79. The minimum Gasteiger partial charge on any atom is -0.327 e. The summed E-state index contributed by atoms with van der Waals surface area (Å²) < 4.78 is 0. The average Bonchev–Trinajstić information content (AvgIpc) is 3.14. The summed E-state index contributed by atoms with van der Waals surface area (Å²) in [7, 11) is 0. The van der Waals surface area contributed by atoms with Gasteiger partial charge in [0.2, 0.25) is 0 Å². The molecule has 0 bridgehead atoms. The maximum absolute atomic E-state index is 6.07. The number of nitrogens with zero attached hydrogens (tertiary/aromatic N) is 1. The van der Waals surface area contributed by atoms with Gasteiger partial charge in [-0.1, -0.05) is 13.0 Å². The number of aromatic nitrogens is 1. The molecule has 2 rings (SSSR count). The predicted molar refractivity (Wildman–Crippen MR) is 67.3 cm³/mol. The summed E-state index contributed by atoms with van der Waals surface area (Å²) in [5, 5.41) is 0. The van der Waals surface area contributed by atoms with Gasteiger partial charge < -0.3 is 5.73 Å². The fourth-order valence-electron chi connectivity index (χ4n) is 2.09. The van der Waals surface area contributed by atoms with Crippen LogP contribution in [0, 0.1) is 5.92 Å². The molecule has 1 aliphatic rings. The molecule has 0 spiro atoms. The number of nitrogens with two attached hydrogens (primary N) is 1. The van der Waals surface area contributed by atoms with Gasteiger partial charge in [0.05, 0.1) is 0 Å². The fraction of sp³-hybridized carbons (Fsp3) is 0.643. The van der Waals surface area contributed by atoms with E-state index in [1.165, 1.54) is 30.5 Å². The van der Waals surface area contributed by atoms with E-state index in [1.807, 2.05) is 6.20 Å². The monoisotopic (exact) mass is 218 g/mol. The number of rotatable bonds is 6. The van der Waals surface area contributed by atoms with Crippen molar-refractivity contribution in [2.45, 2.75) is 51.5 Å². The van der Waals surface area contributed by atoms with Crippen molar-refractivity contribution in [1.82, 2.24) is 4.98 Å². The van der Waals surface area contributed by atoms with Crippen LogP contribution in [-0.2, 0) is 12.8 Å². The Balaban J connectivity index is 1.71. The SMILES string of the molecule is CCc1ccc(CCCC(N)C2CC2)nc1. The Hall–Kier alpha value is -0.890. The summed E-state index contributed by atoms with van der Waals surface area (Å²) in [5.41, 5.74) is 8.59. The van der Waals surface area contributed by atoms with E-state index >= 15 is 0 Å². The highest BCUT2D eigenvalue weighted by atomic mass is 14.7. The number of hydrogen-bond donors (Lipinski definition) is 1. The minimum atomic E-state index is 0.440. The summed E-state index contributed by atoms with van der Waals surface area (Å²) >= 11 is 0. The topological polar surface area (TPSA) is 38.9 Å². The van der Waals surface area contributed by atoms with Crippen LogP contribution in [0.15, 0.2) is 18.3 Å². The van der Waals surface area contributed by atoms with Crippen molar-refractivity contribution >= 4 is 0 Å². The summed E-state index contributed by atoms with van der Waals surface area (Å²) in [6.07, 6.45) is 9.17. The molecule has 1 aromatic rings. The van der Waals surface area contributed by atoms with Crippen LogP contribution in [0.5, 0.6) is 0 Å². The maximum atomic E-state index is 6.07. The van der Waals surface area contributed by atoms with Gasteiger partial charge in [-0.2, -0.15) is 0 Å². The number of pyridine rings is 1. The van der Waals surface area contributed by atoms with E-state index in [-0.39, 0.29) is 0 Å².